The summed E-state index contributed by atoms with van der Waals surface area (Å²) in [4.78, 5) is 5.83. The van der Waals surface area contributed by atoms with Crippen molar-refractivity contribution >= 4 is 11.3 Å². The first-order valence-electron chi connectivity index (χ1n) is 6.64. The predicted octanol–water partition coefficient (Wildman–Crippen LogP) is 3.43. The van der Waals surface area contributed by atoms with Crippen molar-refractivity contribution in [2.75, 3.05) is 0 Å². The molecule has 1 aliphatic carbocycles. The van der Waals surface area contributed by atoms with Crippen molar-refractivity contribution in [1.82, 2.24) is 10.3 Å². The molecule has 1 heterocycles. The molecule has 100 valence electrons. The van der Waals surface area contributed by atoms with E-state index in [-0.39, 0.29) is 5.82 Å². The highest BCUT2D eigenvalue weighted by atomic mass is 32.1. The van der Waals surface area contributed by atoms with Crippen LogP contribution in [0.4, 0.5) is 4.39 Å². The number of nitrogens with one attached hydrogen (secondary N) is 1. The van der Waals surface area contributed by atoms with Crippen LogP contribution in [0.5, 0.6) is 0 Å². The van der Waals surface area contributed by atoms with E-state index in [1.54, 1.807) is 17.4 Å². The first kappa shape index (κ1) is 12.8. The molecule has 1 aromatic heterocycles. The predicted molar refractivity (Wildman–Crippen MR) is 75.9 cm³/mol. The van der Waals surface area contributed by atoms with Gasteiger partial charge in [-0.15, -0.1) is 11.3 Å². The number of halogens is 1. The van der Waals surface area contributed by atoms with Crippen LogP contribution >= 0.6 is 11.3 Å². The molecule has 1 aliphatic rings. The first-order valence-corrected chi connectivity index (χ1v) is 7.46. The molecule has 0 saturated heterocycles. The molecule has 0 amide bonds. The van der Waals surface area contributed by atoms with Gasteiger partial charge in [0.05, 0.1) is 10.7 Å². The number of aryl methyl sites for hydroxylation is 1. The van der Waals surface area contributed by atoms with Crippen LogP contribution in [0.2, 0.25) is 0 Å². The van der Waals surface area contributed by atoms with Gasteiger partial charge >= 0.3 is 0 Å². The Bertz CT molecular complexity index is 575. The Morgan fingerprint density at radius 3 is 2.89 bits per heavy atom. The zero-order chi connectivity index (χ0) is 13.2. The van der Waals surface area contributed by atoms with Gasteiger partial charge in [-0.05, 0) is 31.4 Å². The quantitative estimate of drug-likeness (QED) is 0.905. The Morgan fingerprint density at radius 1 is 1.37 bits per heavy atom. The highest BCUT2D eigenvalue weighted by Crippen LogP contribution is 2.24. The number of thiazole rings is 1. The molecule has 0 bridgehead atoms. The zero-order valence-electron chi connectivity index (χ0n) is 10.9. The highest BCUT2D eigenvalue weighted by Gasteiger charge is 2.21. The topological polar surface area (TPSA) is 24.9 Å². The molecule has 0 unspecified atom stereocenters. The van der Waals surface area contributed by atoms with E-state index < -0.39 is 0 Å². The number of nitrogens with zero attached hydrogens (tertiary/aromatic N) is 1. The van der Waals surface area contributed by atoms with Crippen LogP contribution in [-0.4, -0.2) is 11.0 Å². The Hall–Kier alpha value is -1.26. The molecule has 1 saturated carbocycles. The Labute approximate surface area is 116 Å². The SMILES string of the molecule is Cc1nc(Cc2ccccc2F)sc1CNC1CC1. The Balaban J connectivity index is 1.70. The van der Waals surface area contributed by atoms with Crippen LogP contribution in [0.1, 0.15) is 34.0 Å². The molecule has 1 aromatic carbocycles. The van der Waals surface area contributed by atoms with Crippen LogP contribution in [0.25, 0.3) is 0 Å². The number of hydrogen-bond donors (Lipinski definition) is 1. The summed E-state index contributed by atoms with van der Waals surface area (Å²) < 4.78 is 13.6. The number of benzene rings is 1. The van der Waals surface area contributed by atoms with Crippen molar-refractivity contribution in [3.05, 3.63) is 51.2 Å². The summed E-state index contributed by atoms with van der Waals surface area (Å²) in [5, 5.41) is 4.49. The zero-order valence-corrected chi connectivity index (χ0v) is 11.8. The standard InChI is InChI=1S/C15H17FN2S/c1-10-14(9-17-12-6-7-12)19-15(18-10)8-11-4-2-3-5-13(11)16/h2-5,12,17H,6-9H2,1H3. The van der Waals surface area contributed by atoms with Gasteiger partial charge in [0.25, 0.3) is 0 Å². The molecule has 2 nitrogen and oxygen atoms in total. The average Bonchev–Trinajstić information content (AvgIpc) is 3.15. The molecule has 0 spiro atoms. The van der Waals surface area contributed by atoms with E-state index in [1.165, 1.54) is 23.8 Å². The summed E-state index contributed by atoms with van der Waals surface area (Å²) in [6, 6.07) is 7.63. The van der Waals surface area contributed by atoms with Crippen molar-refractivity contribution in [2.24, 2.45) is 0 Å². The molecule has 1 N–H and O–H groups in total. The normalized spacial score (nSPS) is 14.8. The summed E-state index contributed by atoms with van der Waals surface area (Å²) in [6.45, 7) is 2.93. The third kappa shape index (κ3) is 3.19. The maximum atomic E-state index is 13.6. The van der Waals surface area contributed by atoms with Crippen LogP contribution in [-0.2, 0) is 13.0 Å². The van der Waals surface area contributed by atoms with E-state index in [9.17, 15) is 4.39 Å². The molecular formula is C15H17FN2S. The summed E-state index contributed by atoms with van der Waals surface area (Å²) in [7, 11) is 0. The Kier molecular flexibility index (Phi) is 3.62. The molecular weight excluding hydrogens is 259 g/mol. The third-order valence-electron chi connectivity index (χ3n) is 3.37. The summed E-state index contributed by atoms with van der Waals surface area (Å²) in [5.41, 5.74) is 1.79. The molecule has 0 radical (unpaired) electrons. The van der Waals surface area contributed by atoms with Gasteiger partial charge in [0.15, 0.2) is 0 Å². The van der Waals surface area contributed by atoms with Gasteiger partial charge in [0, 0.05) is 23.9 Å². The lowest BCUT2D eigenvalue weighted by atomic mass is 10.1. The fourth-order valence-electron chi connectivity index (χ4n) is 2.06. The van der Waals surface area contributed by atoms with E-state index in [4.69, 9.17) is 0 Å². The monoisotopic (exact) mass is 276 g/mol. The Morgan fingerprint density at radius 2 is 2.16 bits per heavy atom. The second-order valence-corrected chi connectivity index (χ2v) is 6.21. The summed E-state index contributed by atoms with van der Waals surface area (Å²) in [6.07, 6.45) is 3.17. The fraction of sp³-hybridized carbons (Fsp3) is 0.400. The lowest BCUT2D eigenvalue weighted by Gasteiger charge is -2.00. The van der Waals surface area contributed by atoms with Gasteiger partial charge in [-0.25, -0.2) is 9.37 Å². The van der Waals surface area contributed by atoms with Gasteiger partial charge < -0.3 is 5.32 Å². The fourth-order valence-corrected chi connectivity index (χ4v) is 3.10. The molecule has 4 heteroatoms. The minimum Gasteiger partial charge on any atom is -0.309 e. The first-order chi connectivity index (χ1) is 9.22. The molecule has 0 atom stereocenters. The van der Waals surface area contributed by atoms with E-state index in [2.05, 4.69) is 10.3 Å². The second kappa shape index (κ2) is 5.39. The van der Waals surface area contributed by atoms with Crippen LogP contribution in [0.3, 0.4) is 0 Å². The van der Waals surface area contributed by atoms with Gasteiger partial charge in [-0.3, -0.25) is 0 Å². The molecule has 0 aliphatic heterocycles. The van der Waals surface area contributed by atoms with Gasteiger partial charge in [0.1, 0.15) is 5.82 Å². The van der Waals surface area contributed by atoms with Crippen molar-refractivity contribution in [3.63, 3.8) is 0 Å². The van der Waals surface area contributed by atoms with Crippen LogP contribution < -0.4 is 5.32 Å². The molecule has 3 rings (SSSR count). The average molecular weight is 276 g/mol. The number of aromatic nitrogens is 1. The second-order valence-electron chi connectivity index (χ2n) is 5.04. The van der Waals surface area contributed by atoms with E-state index in [0.717, 1.165) is 22.8 Å². The van der Waals surface area contributed by atoms with Crippen LogP contribution in [0, 0.1) is 12.7 Å². The largest absolute Gasteiger partial charge is 0.309 e. The lowest BCUT2D eigenvalue weighted by molar-refractivity contribution is 0.614. The van der Waals surface area contributed by atoms with Crippen molar-refractivity contribution in [3.8, 4) is 0 Å². The maximum Gasteiger partial charge on any atom is 0.126 e. The van der Waals surface area contributed by atoms with Crippen molar-refractivity contribution < 1.29 is 4.39 Å². The number of rotatable bonds is 5. The van der Waals surface area contributed by atoms with Gasteiger partial charge in [0.2, 0.25) is 0 Å². The minimum absolute atomic E-state index is 0.145. The van der Waals surface area contributed by atoms with Gasteiger partial charge in [-0.2, -0.15) is 0 Å². The molecule has 19 heavy (non-hydrogen) atoms. The molecule has 1 fully saturated rings. The highest BCUT2D eigenvalue weighted by molar-refractivity contribution is 7.11. The van der Waals surface area contributed by atoms with Crippen molar-refractivity contribution in [2.45, 2.75) is 38.8 Å². The smallest absolute Gasteiger partial charge is 0.126 e. The number of hydrogen-bond acceptors (Lipinski definition) is 3. The van der Waals surface area contributed by atoms with Crippen LogP contribution in [0.15, 0.2) is 24.3 Å². The van der Waals surface area contributed by atoms with Gasteiger partial charge in [-0.1, -0.05) is 18.2 Å². The van der Waals surface area contributed by atoms with E-state index in [0.29, 0.717) is 12.5 Å². The maximum absolute atomic E-state index is 13.6. The van der Waals surface area contributed by atoms with E-state index >= 15 is 0 Å². The van der Waals surface area contributed by atoms with Crippen molar-refractivity contribution in [1.29, 1.82) is 0 Å². The van der Waals surface area contributed by atoms with E-state index in [1.807, 2.05) is 19.1 Å². The summed E-state index contributed by atoms with van der Waals surface area (Å²) in [5.74, 6) is -0.145. The lowest BCUT2D eigenvalue weighted by Crippen LogP contribution is -2.14. The minimum atomic E-state index is -0.145. The molecule has 2 aromatic rings. The third-order valence-corrected chi connectivity index (χ3v) is 4.52. The summed E-state index contributed by atoms with van der Waals surface area (Å²) >= 11 is 1.69.